The second-order valence-electron chi connectivity index (χ2n) is 0.572. The molecule has 0 amide bonds. The van der Waals surface area contributed by atoms with Crippen molar-refractivity contribution in [1.82, 2.24) is 0 Å². The van der Waals surface area contributed by atoms with E-state index < -0.39 is 0 Å². The minimum atomic E-state index is 0.0417. The van der Waals surface area contributed by atoms with Crippen molar-refractivity contribution in [3.63, 3.8) is 0 Å². The van der Waals surface area contributed by atoms with E-state index in [2.05, 4.69) is 43.7 Å². The highest BCUT2D eigenvalue weighted by Gasteiger charge is 1.45. The van der Waals surface area contributed by atoms with Crippen LogP contribution >= 0.6 is 30.6 Å². The summed E-state index contributed by atoms with van der Waals surface area (Å²) in [5.41, 5.74) is 0. The van der Waals surface area contributed by atoms with Gasteiger partial charge in [-0.15, -0.1) is 30.6 Å². The summed E-state index contributed by atoms with van der Waals surface area (Å²) in [6.45, 7) is 6.76. The number of hydrogen-bond acceptors (Lipinski definition) is 0. The minimum absolute atomic E-state index is 0.0417. The normalized spacial score (nSPS) is 5.43. The number of allylic oxidation sites excluding steroid dienone is 2. The van der Waals surface area contributed by atoms with Crippen molar-refractivity contribution in [2.24, 2.45) is 0 Å². The molecule has 0 nitrogen and oxygen atoms in total. The first kappa shape index (κ1) is 10.6. The first-order valence-corrected chi connectivity index (χ1v) is 9.48. The third-order valence-electron chi connectivity index (χ3n) is 0.167. The van der Waals surface area contributed by atoms with E-state index in [-0.39, 0.29) is 6.76 Å². The van der Waals surface area contributed by atoms with E-state index >= 15 is 0 Å². The summed E-state index contributed by atoms with van der Waals surface area (Å²) in [6, 6.07) is 0. The number of halogens is 2. The Hall–Kier alpha value is 0.657. The lowest BCUT2D eigenvalue weighted by Gasteiger charge is -1.44. The third-order valence-corrected chi connectivity index (χ3v) is 0.167. The van der Waals surface area contributed by atoms with Crippen LogP contribution < -0.4 is 0 Å². The molecule has 0 radical (unpaired) electrons. The van der Waals surface area contributed by atoms with Gasteiger partial charge in [-0.25, -0.2) is 0 Å². The number of rotatable bonds is 1. The zero-order valence-corrected chi connectivity index (χ0v) is 8.62. The van der Waals surface area contributed by atoms with Crippen molar-refractivity contribution in [2.45, 2.75) is 0 Å². The van der Waals surface area contributed by atoms with Crippen LogP contribution in [0.5, 0.6) is 0 Å². The Morgan fingerprint density at radius 1 is 1.14 bits per heavy atom. The lowest BCUT2D eigenvalue weighted by Crippen LogP contribution is -1.31. The fraction of sp³-hybridized carbons (Fsp3) is 0. The summed E-state index contributed by atoms with van der Waals surface area (Å²) in [5.74, 6) is 0. The molecule has 42 valence electrons. The van der Waals surface area contributed by atoms with Gasteiger partial charge >= 0.3 is 0 Å². The van der Waals surface area contributed by atoms with E-state index in [4.69, 9.17) is 0 Å². The molecule has 0 N–H and O–H groups in total. The molecule has 0 aliphatic rings. The maximum Gasteiger partial charge on any atom is 0.171 e. The van der Waals surface area contributed by atoms with Gasteiger partial charge in [0.1, 0.15) is 0 Å². The zero-order chi connectivity index (χ0) is 6.12. The van der Waals surface area contributed by atoms with Gasteiger partial charge in [0.25, 0.3) is 0 Å². The van der Waals surface area contributed by atoms with Crippen LogP contribution in [0.4, 0.5) is 0 Å². The molecule has 0 aromatic heterocycles. The molecule has 0 spiro atoms. The Kier molecular flexibility index (Phi) is 24.1. The van der Waals surface area contributed by atoms with Gasteiger partial charge in [-0.2, -0.15) is 0 Å². The van der Waals surface area contributed by atoms with E-state index in [0.29, 0.717) is 0 Å². The molecule has 0 unspecified atom stereocenters. The molecule has 0 aromatic rings. The van der Waals surface area contributed by atoms with E-state index in [0.717, 1.165) is 0 Å². The van der Waals surface area contributed by atoms with Crippen molar-refractivity contribution in [3.8, 4) is 0 Å². The second-order valence-corrected chi connectivity index (χ2v) is 8.65. The number of hydrogen-bond donors (Lipinski definition) is 0. The summed E-state index contributed by atoms with van der Waals surface area (Å²) in [4.78, 5) is 0. The molecule has 0 rings (SSSR count). The van der Waals surface area contributed by atoms with Gasteiger partial charge in [0, 0.05) is 0 Å². The lowest BCUT2D eigenvalue weighted by molar-refractivity contribution is 2.15. The van der Waals surface area contributed by atoms with Gasteiger partial charge in [0.2, 0.25) is 0 Å². The average Bonchev–Trinajstić information content (AvgIpc) is 1.69. The maximum absolute atomic E-state index is 3.36. The highest BCUT2D eigenvalue weighted by molar-refractivity contribution is 9.47. The van der Waals surface area contributed by atoms with Crippen LogP contribution in [0.2, 0.25) is 0 Å². The molecule has 0 bridgehead atoms. The van der Waals surface area contributed by atoms with Gasteiger partial charge in [-0.1, -0.05) is 25.3 Å². The second kappa shape index (κ2) is 15.9. The first-order chi connectivity index (χ1) is 3.33. The average molecular weight is 244 g/mol. The minimum Gasteiger partial charge on any atom is -0.120 e. The molecule has 7 heavy (non-hydrogen) atoms. The molecule has 0 saturated heterocycles. The van der Waals surface area contributed by atoms with Crippen molar-refractivity contribution in [3.05, 3.63) is 25.3 Å². The predicted molar refractivity (Wildman–Crippen MR) is 46.8 cm³/mol. The van der Waals surface area contributed by atoms with Crippen LogP contribution in [0, 0.1) is 0 Å². The smallest absolute Gasteiger partial charge is 0.120 e. The van der Waals surface area contributed by atoms with Gasteiger partial charge in [-0.3, -0.25) is 0 Å². The molecule has 0 aliphatic carbocycles. The van der Waals surface area contributed by atoms with Crippen molar-refractivity contribution < 1.29 is 0 Å². The van der Waals surface area contributed by atoms with Crippen LogP contribution in [0.1, 0.15) is 0 Å². The quantitative estimate of drug-likeness (QED) is 0.376. The molecular formula is C4H8Br2Si. The SMILES string of the molecule is Br[SiH2]Br.C=CC=C. The summed E-state index contributed by atoms with van der Waals surface area (Å²) in [7, 11) is 0. The zero-order valence-electron chi connectivity index (χ0n) is 4.03. The van der Waals surface area contributed by atoms with Crippen molar-refractivity contribution in [1.29, 1.82) is 0 Å². The van der Waals surface area contributed by atoms with Crippen LogP contribution in [-0.2, 0) is 0 Å². The maximum atomic E-state index is 3.36. The molecule has 0 aromatic carbocycles. The Labute approximate surface area is 62.7 Å². The Morgan fingerprint density at radius 2 is 1.29 bits per heavy atom. The lowest BCUT2D eigenvalue weighted by atomic mass is 10.6. The largest absolute Gasteiger partial charge is 0.171 e. The predicted octanol–water partition coefficient (Wildman–Crippen LogP) is 2.13. The fourth-order valence-corrected chi connectivity index (χ4v) is 0. The van der Waals surface area contributed by atoms with Gasteiger partial charge in [-0.05, 0) is 0 Å². The molecule has 0 aliphatic heterocycles. The van der Waals surface area contributed by atoms with E-state index in [1.54, 1.807) is 12.2 Å². The van der Waals surface area contributed by atoms with Crippen LogP contribution in [0.3, 0.4) is 0 Å². The molecule has 0 saturated carbocycles. The highest BCUT2D eigenvalue weighted by atomic mass is 79.9. The van der Waals surface area contributed by atoms with E-state index in [1.165, 1.54) is 0 Å². The van der Waals surface area contributed by atoms with Crippen molar-refractivity contribution in [2.75, 3.05) is 0 Å². The molecule has 0 atom stereocenters. The summed E-state index contributed by atoms with van der Waals surface area (Å²) < 4.78 is 0. The first-order valence-electron chi connectivity index (χ1n) is 1.68. The summed E-state index contributed by atoms with van der Waals surface area (Å²) in [6.07, 6.45) is 3.28. The molecular weight excluding hydrogens is 236 g/mol. The van der Waals surface area contributed by atoms with Crippen molar-refractivity contribution >= 4 is 37.3 Å². The van der Waals surface area contributed by atoms with Crippen LogP contribution in [0.15, 0.2) is 25.3 Å². The highest BCUT2D eigenvalue weighted by Crippen LogP contribution is 1.77. The van der Waals surface area contributed by atoms with E-state index in [9.17, 15) is 0 Å². The fourth-order valence-electron chi connectivity index (χ4n) is 0. The van der Waals surface area contributed by atoms with Crippen LogP contribution in [0.25, 0.3) is 0 Å². The summed E-state index contributed by atoms with van der Waals surface area (Å²) in [5, 5.41) is 0. The molecule has 0 heterocycles. The Balaban J connectivity index is 0. The molecule has 0 fully saturated rings. The van der Waals surface area contributed by atoms with E-state index in [1.807, 2.05) is 0 Å². The monoisotopic (exact) mass is 242 g/mol. The van der Waals surface area contributed by atoms with Gasteiger partial charge in [0.05, 0.1) is 0 Å². The topological polar surface area (TPSA) is 0 Å². The standard InChI is InChI=1S/C4H6.Br2H2Si/c1-3-4-2;1-3-2/h3-4H,1-2H2;3H2. The van der Waals surface area contributed by atoms with Gasteiger partial charge < -0.3 is 0 Å². The third kappa shape index (κ3) is 52.6. The van der Waals surface area contributed by atoms with Crippen LogP contribution in [-0.4, -0.2) is 6.76 Å². The summed E-state index contributed by atoms with van der Waals surface area (Å²) >= 11 is 6.40. The van der Waals surface area contributed by atoms with Gasteiger partial charge in [0.15, 0.2) is 6.76 Å². The Morgan fingerprint density at radius 3 is 1.29 bits per heavy atom. The Bertz CT molecular complexity index is 39.0. The molecule has 3 heteroatoms.